The third-order valence-corrected chi connectivity index (χ3v) is 4.98. The summed E-state index contributed by atoms with van der Waals surface area (Å²) in [5, 5.41) is 3.84. The number of likely N-dealkylation sites (tertiary alicyclic amines) is 1. The Balaban J connectivity index is 1.48. The van der Waals surface area contributed by atoms with E-state index in [0.29, 0.717) is 18.1 Å². The predicted molar refractivity (Wildman–Crippen MR) is 92.9 cm³/mol. The molecule has 1 saturated carbocycles. The van der Waals surface area contributed by atoms with E-state index in [1.807, 2.05) is 38.2 Å². The van der Waals surface area contributed by atoms with Crippen LogP contribution in [0.3, 0.4) is 0 Å². The molecule has 2 fully saturated rings. The lowest BCUT2D eigenvalue weighted by atomic mass is 10.0. The van der Waals surface area contributed by atoms with E-state index in [9.17, 15) is 4.79 Å². The summed E-state index contributed by atoms with van der Waals surface area (Å²) in [6.07, 6.45) is 11.3. The molecule has 2 aliphatic rings. The molecule has 2 unspecified atom stereocenters. The fraction of sp³-hybridized carbons (Fsp3) is 0.778. The summed E-state index contributed by atoms with van der Waals surface area (Å²) >= 11 is 0. The number of ether oxygens (including phenoxy) is 1. The molecule has 134 valence electrons. The van der Waals surface area contributed by atoms with Gasteiger partial charge in [-0.25, -0.2) is 9.78 Å². The number of hydrogen-bond donors (Lipinski definition) is 1. The zero-order valence-corrected chi connectivity index (χ0v) is 15.1. The zero-order chi connectivity index (χ0) is 17.2. The minimum atomic E-state index is -0.423. The van der Waals surface area contributed by atoms with Gasteiger partial charge >= 0.3 is 6.09 Å². The second-order valence-corrected chi connectivity index (χ2v) is 8.02. The van der Waals surface area contributed by atoms with Gasteiger partial charge in [0.1, 0.15) is 5.60 Å². The summed E-state index contributed by atoms with van der Waals surface area (Å²) < 4.78 is 7.70. The highest BCUT2D eigenvalue weighted by atomic mass is 16.6. The molecule has 1 amide bonds. The first-order valence-electron chi connectivity index (χ1n) is 9.14. The van der Waals surface area contributed by atoms with Crippen molar-refractivity contribution in [3.63, 3.8) is 0 Å². The van der Waals surface area contributed by atoms with E-state index in [0.717, 1.165) is 25.9 Å². The Labute approximate surface area is 144 Å². The van der Waals surface area contributed by atoms with Crippen molar-refractivity contribution in [3.05, 3.63) is 18.7 Å². The van der Waals surface area contributed by atoms with Crippen LogP contribution in [0.2, 0.25) is 0 Å². The molecule has 0 aromatic carbocycles. The first-order chi connectivity index (χ1) is 11.4. The summed E-state index contributed by atoms with van der Waals surface area (Å²) in [5.74, 6) is 0. The standard InChI is InChI=1S/C18H30N4O2/c1-18(2,3)24-17(23)21-10-7-14(8-11-21)20-15-5-4-6-16(15)22-12-9-19-13-22/h9,12-16,20H,4-8,10-11H2,1-3H3. The normalized spacial score (nSPS) is 25.9. The van der Waals surface area contributed by atoms with Crippen LogP contribution in [0.25, 0.3) is 0 Å². The molecule has 1 aliphatic heterocycles. The Hall–Kier alpha value is -1.56. The Morgan fingerprint density at radius 3 is 2.58 bits per heavy atom. The van der Waals surface area contributed by atoms with Crippen molar-refractivity contribution in [2.75, 3.05) is 13.1 Å². The molecule has 0 radical (unpaired) electrons. The maximum atomic E-state index is 12.1. The fourth-order valence-corrected chi connectivity index (χ4v) is 3.82. The number of piperidine rings is 1. The highest BCUT2D eigenvalue weighted by Gasteiger charge is 2.32. The highest BCUT2D eigenvalue weighted by molar-refractivity contribution is 5.68. The first kappa shape index (κ1) is 17.3. The molecule has 0 spiro atoms. The second-order valence-electron chi connectivity index (χ2n) is 8.02. The first-order valence-corrected chi connectivity index (χ1v) is 9.14. The molecule has 2 atom stereocenters. The molecule has 1 aromatic heterocycles. The van der Waals surface area contributed by atoms with Gasteiger partial charge in [0.25, 0.3) is 0 Å². The van der Waals surface area contributed by atoms with Crippen molar-refractivity contribution in [1.29, 1.82) is 0 Å². The Bertz CT molecular complexity index is 530. The van der Waals surface area contributed by atoms with Gasteiger partial charge in [0, 0.05) is 43.6 Å². The van der Waals surface area contributed by atoms with Gasteiger partial charge in [-0.2, -0.15) is 0 Å². The van der Waals surface area contributed by atoms with Crippen LogP contribution in [0.5, 0.6) is 0 Å². The van der Waals surface area contributed by atoms with Gasteiger partial charge in [0.2, 0.25) is 0 Å². The largest absolute Gasteiger partial charge is 0.444 e. The van der Waals surface area contributed by atoms with Crippen LogP contribution >= 0.6 is 0 Å². The van der Waals surface area contributed by atoms with Crippen molar-refractivity contribution < 1.29 is 9.53 Å². The van der Waals surface area contributed by atoms with Crippen LogP contribution in [0, 0.1) is 0 Å². The van der Waals surface area contributed by atoms with Gasteiger partial charge in [0.05, 0.1) is 6.33 Å². The topological polar surface area (TPSA) is 59.4 Å². The molecule has 24 heavy (non-hydrogen) atoms. The van der Waals surface area contributed by atoms with Crippen molar-refractivity contribution in [2.45, 2.75) is 76.6 Å². The lowest BCUT2D eigenvalue weighted by Gasteiger charge is -2.36. The van der Waals surface area contributed by atoms with Crippen molar-refractivity contribution in [1.82, 2.24) is 19.8 Å². The summed E-state index contributed by atoms with van der Waals surface area (Å²) in [4.78, 5) is 18.2. The van der Waals surface area contributed by atoms with Crippen LogP contribution < -0.4 is 5.32 Å². The molecule has 1 N–H and O–H groups in total. The van der Waals surface area contributed by atoms with E-state index >= 15 is 0 Å². The van der Waals surface area contributed by atoms with E-state index < -0.39 is 5.60 Å². The van der Waals surface area contributed by atoms with E-state index in [1.165, 1.54) is 19.3 Å². The molecule has 6 nitrogen and oxygen atoms in total. The van der Waals surface area contributed by atoms with Crippen molar-refractivity contribution >= 4 is 6.09 Å². The van der Waals surface area contributed by atoms with E-state index in [4.69, 9.17) is 4.74 Å². The summed E-state index contributed by atoms with van der Waals surface area (Å²) in [7, 11) is 0. The minimum Gasteiger partial charge on any atom is -0.444 e. The van der Waals surface area contributed by atoms with Gasteiger partial charge in [-0.15, -0.1) is 0 Å². The van der Waals surface area contributed by atoms with Crippen molar-refractivity contribution in [2.24, 2.45) is 0 Å². The van der Waals surface area contributed by atoms with Gasteiger partial charge in [-0.05, 0) is 52.9 Å². The third-order valence-electron chi connectivity index (χ3n) is 4.98. The molecule has 3 rings (SSSR count). The number of hydrogen-bond acceptors (Lipinski definition) is 4. The quantitative estimate of drug-likeness (QED) is 0.923. The molecular weight excluding hydrogens is 304 g/mol. The SMILES string of the molecule is CC(C)(C)OC(=O)N1CCC(NC2CCCC2n2ccnc2)CC1. The van der Waals surface area contributed by atoms with Crippen molar-refractivity contribution in [3.8, 4) is 0 Å². The van der Waals surface area contributed by atoms with Crippen LogP contribution in [0.4, 0.5) is 4.79 Å². The predicted octanol–water partition coefficient (Wildman–Crippen LogP) is 2.97. The zero-order valence-electron chi connectivity index (χ0n) is 15.1. The fourth-order valence-electron chi connectivity index (χ4n) is 3.82. The monoisotopic (exact) mass is 334 g/mol. The van der Waals surface area contributed by atoms with Crippen LogP contribution in [0.15, 0.2) is 18.7 Å². The molecule has 0 bridgehead atoms. The van der Waals surface area contributed by atoms with E-state index in [-0.39, 0.29) is 6.09 Å². The number of amides is 1. The van der Waals surface area contributed by atoms with Gasteiger partial charge in [0.15, 0.2) is 0 Å². The molecule has 1 saturated heterocycles. The Morgan fingerprint density at radius 2 is 1.96 bits per heavy atom. The summed E-state index contributed by atoms with van der Waals surface area (Å²) in [6, 6.07) is 1.51. The van der Waals surface area contributed by atoms with E-state index in [1.54, 1.807) is 0 Å². The van der Waals surface area contributed by atoms with Crippen LogP contribution in [-0.4, -0.2) is 51.3 Å². The number of carbonyl (C=O) groups is 1. The molecule has 2 heterocycles. The maximum absolute atomic E-state index is 12.1. The van der Waals surface area contributed by atoms with Gasteiger partial charge in [-0.3, -0.25) is 0 Å². The molecule has 6 heteroatoms. The van der Waals surface area contributed by atoms with Gasteiger partial charge in [-0.1, -0.05) is 0 Å². The lowest BCUT2D eigenvalue weighted by molar-refractivity contribution is 0.0194. The number of nitrogens with zero attached hydrogens (tertiary/aromatic N) is 3. The maximum Gasteiger partial charge on any atom is 0.410 e. The van der Waals surface area contributed by atoms with Gasteiger partial charge < -0.3 is 19.5 Å². The lowest BCUT2D eigenvalue weighted by Crippen LogP contribution is -2.49. The number of rotatable bonds is 3. The average molecular weight is 334 g/mol. The number of nitrogens with one attached hydrogen (secondary N) is 1. The minimum absolute atomic E-state index is 0.182. The number of carbonyl (C=O) groups excluding carboxylic acids is 1. The third kappa shape index (κ3) is 4.29. The Kier molecular flexibility index (Phi) is 5.13. The Morgan fingerprint density at radius 1 is 1.21 bits per heavy atom. The van der Waals surface area contributed by atoms with Crippen LogP contribution in [-0.2, 0) is 4.74 Å². The number of imidazole rings is 1. The molecule has 1 aromatic rings. The summed E-state index contributed by atoms with van der Waals surface area (Å²) in [5.41, 5.74) is -0.423. The summed E-state index contributed by atoms with van der Waals surface area (Å²) in [6.45, 7) is 7.28. The number of aromatic nitrogens is 2. The second kappa shape index (κ2) is 7.13. The average Bonchev–Trinajstić information content (AvgIpc) is 3.16. The van der Waals surface area contributed by atoms with Crippen LogP contribution in [0.1, 0.15) is 58.9 Å². The highest BCUT2D eigenvalue weighted by Crippen LogP contribution is 2.31. The molecular formula is C18H30N4O2. The van der Waals surface area contributed by atoms with E-state index in [2.05, 4.69) is 21.1 Å². The smallest absolute Gasteiger partial charge is 0.410 e. The molecule has 1 aliphatic carbocycles.